The number of aromatic nitrogens is 3. The molecule has 2 aromatic heterocycles. The molecule has 1 aromatic carbocycles. The molecule has 0 spiro atoms. The number of hydrogen-bond donors (Lipinski definition) is 0. The van der Waals surface area contributed by atoms with E-state index in [2.05, 4.69) is 19.7 Å². The van der Waals surface area contributed by atoms with Gasteiger partial charge >= 0.3 is 6.36 Å². The quantitative estimate of drug-likeness (QED) is 0.546. The Morgan fingerprint density at radius 2 is 1.72 bits per heavy atom. The van der Waals surface area contributed by atoms with E-state index in [0.29, 0.717) is 29.5 Å². The van der Waals surface area contributed by atoms with Gasteiger partial charge in [0.15, 0.2) is 0 Å². The maximum absolute atomic E-state index is 14.3. The summed E-state index contributed by atoms with van der Waals surface area (Å²) in [6, 6.07) is 6.22. The lowest BCUT2D eigenvalue weighted by Gasteiger charge is -2.29. The van der Waals surface area contributed by atoms with E-state index in [1.165, 1.54) is 18.6 Å². The minimum Gasteiger partial charge on any atom is -0.406 e. The second kappa shape index (κ2) is 8.12. The Morgan fingerprint density at radius 3 is 2.28 bits per heavy atom. The van der Waals surface area contributed by atoms with Gasteiger partial charge in [0.05, 0.1) is 5.69 Å². The van der Waals surface area contributed by atoms with Gasteiger partial charge in [-0.3, -0.25) is 4.98 Å². The molecule has 0 aliphatic heterocycles. The molecule has 0 aliphatic rings. The number of halogens is 4. The highest BCUT2D eigenvalue weighted by Crippen LogP contribution is 2.33. The molecule has 0 aliphatic carbocycles. The van der Waals surface area contributed by atoms with Gasteiger partial charge in [0, 0.05) is 48.0 Å². The lowest BCUT2D eigenvalue weighted by molar-refractivity contribution is -0.274. The average molecular weight is 407 g/mol. The first-order valence-corrected chi connectivity index (χ1v) is 8.64. The van der Waals surface area contributed by atoms with Gasteiger partial charge in [-0.15, -0.1) is 13.2 Å². The van der Waals surface area contributed by atoms with Crippen molar-refractivity contribution in [3.8, 4) is 16.9 Å². The van der Waals surface area contributed by atoms with Gasteiger partial charge in [0.1, 0.15) is 23.5 Å². The topological polar surface area (TPSA) is 57.1 Å². The van der Waals surface area contributed by atoms with E-state index in [-0.39, 0.29) is 5.56 Å². The van der Waals surface area contributed by atoms with Crippen LogP contribution in [0.15, 0.2) is 55.2 Å². The predicted octanol–water partition coefficient (Wildman–Crippen LogP) is 4.88. The highest BCUT2D eigenvalue weighted by molar-refractivity contribution is 5.64. The molecule has 152 valence electrons. The number of rotatable bonds is 6. The molecule has 0 radical (unpaired) electrons. The molecule has 1 unspecified atom stereocenters. The summed E-state index contributed by atoms with van der Waals surface area (Å²) in [4.78, 5) is 12.4. The number of nitrogens with zero attached hydrogens (tertiary/aromatic N) is 3. The monoisotopic (exact) mass is 407 g/mol. The van der Waals surface area contributed by atoms with Crippen molar-refractivity contribution in [3.05, 3.63) is 72.3 Å². The van der Waals surface area contributed by atoms with E-state index in [9.17, 15) is 17.6 Å². The van der Waals surface area contributed by atoms with Crippen LogP contribution >= 0.6 is 0 Å². The summed E-state index contributed by atoms with van der Waals surface area (Å²) in [6.45, 7) is 4.07. The minimum atomic E-state index is -4.89. The molecular formula is C20H17F4N3O2. The molecule has 3 aromatic rings. The minimum absolute atomic E-state index is 0.0970. The van der Waals surface area contributed by atoms with Crippen molar-refractivity contribution in [2.75, 3.05) is 6.61 Å². The summed E-state index contributed by atoms with van der Waals surface area (Å²) >= 11 is 0. The van der Waals surface area contributed by atoms with Crippen LogP contribution in [0.25, 0.3) is 11.1 Å². The van der Waals surface area contributed by atoms with Gasteiger partial charge in [0.2, 0.25) is 0 Å². The van der Waals surface area contributed by atoms with Crippen LogP contribution in [0.1, 0.15) is 25.1 Å². The first-order chi connectivity index (χ1) is 13.7. The molecule has 0 amide bonds. The van der Waals surface area contributed by atoms with E-state index in [0.717, 1.165) is 6.07 Å². The lowest BCUT2D eigenvalue weighted by atomic mass is 9.93. The van der Waals surface area contributed by atoms with E-state index in [4.69, 9.17) is 4.74 Å². The Bertz CT molecular complexity index is 966. The van der Waals surface area contributed by atoms with E-state index in [1.807, 2.05) is 13.8 Å². The van der Waals surface area contributed by atoms with Crippen LogP contribution in [0.5, 0.6) is 5.75 Å². The number of ether oxygens (including phenoxy) is 2. The van der Waals surface area contributed by atoms with Crippen LogP contribution in [0, 0.1) is 5.82 Å². The third kappa shape index (κ3) is 4.68. The summed E-state index contributed by atoms with van der Waals surface area (Å²) in [5.41, 5.74) is 0.822. The number of pyridine rings is 1. The largest absolute Gasteiger partial charge is 0.573 e. The molecule has 1 atom stereocenters. The Balaban J connectivity index is 1.92. The zero-order chi connectivity index (χ0) is 21.1. The second-order valence-corrected chi connectivity index (χ2v) is 6.21. The fourth-order valence-electron chi connectivity index (χ4n) is 2.90. The van der Waals surface area contributed by atoms with Gasteiger partial charge in [-0.25, -0.2) is 14.4 Å². The van der Waals surface area contributed by atoms with Crippen molar-refractivity contribution in [1.29, 1.82) is 0 Å². The molecule has 0 saturated carbocycles. The highest BCUT2D eigenvalue weighted by atomic mass is 19.4. The highest BCUT2D eigenvalue weighted by Gasteiger charge is 2.32. The van der Waals surface area contributed by atoms with Gasteiger partial charge in [0.25, 0.3) is 0 Å². The van der Waals surface area contributed by atoms with Crippen molar-refractivity contribution in [2.45, 2.75) is 25.8 Å². The summed E-state index contributed by atoms with van der Waals surface area (Å²) in [7, 11) is 0. The molecule has 2 heterocycles. The van der Waals surface area contributed by atoms with E-state index in [1.54, 1.807) is 24.5 Å². The van der Waals surface area contributed by atoms with Crippen molar-refractivity contribution < 1.29 is 27.0 Å². The maximum atomic E-state index is 14.3. The molecule has 0 N–H and O–H groups in total. The predicted molar refractivity (Wildman–Crippen MR) is 96.4 cm³/mol. The van der Waals surface area contributed by atoms with Gasteiger partial charge in [-0.05, 0) is 32.0 Å². The van der Waals surface area contributed by atoms with Crippen LogP contribution in [-0.2, 0) is 10.3 Å². The zero-order valence-electron chi connectivity index (χ0n) is 15.6. The third-order valence-corrected chi connectivity index (χ3v) is 4.28. The maximum Gasteiger partial charge on any atom is 0.573 e. The summed E-state index contributed by atoms with van der Waals surface area (Å²) in [5, 5.41) is 0. The van der Waals surface area contributed by atoms with Gasteiger partial charge in [-0.2, -0.15) is 0 Å². The third-order valence-electron chi connectivity index (χ3n) is 4.28. The van der Waals surface area contributed by atoms with Crippen LogP contribution in [-0.4, -0.2) is 27.9 Å². The van der Waals surface area contributed by atoms with Gasteiger partial charge in [-0.1, -0.05) is 6.07 Å². The smallest absolute Gasteiger partial charge is 0.406 e. The molecule has 29 heavy (non-hydrogen) atoms. The molecular weight excluding hydrogens is 390 g/mol. The summed E-state index contributed by atoms with van der Waals surface area (Å²) < 4.78 is 60.8. The van der Waals surface area contributed by atoms with Crippen molar-refractivity contribution in [3.63, 3.8) is 0 Å². The Kier molecular flexibility index (Phi) is 5.78. The van der Waals surface area contributed by atoms with Crippen LogP contribution in [0.2, 0.25) is 0 Å². The summed E-state index contributed by atoms with van der Waals surface area (Å²) in [6.07, 6.45) is 1.19. The van der Waals surface area contributed by atoms with E-state index < -0.39 is 23.5 Å². The fourth-order valence-corrected chi connectivity index (χ4v) is 2.90. The SMILES string of the molecule is CCOC(C)(c1cncnc1)c1ccc(-c2ccc(OC(F)(F)F)cc2F)cn1. The molecule has 0 bridgehead atoms. The normalized spacial score (nSPS) is 13.7. The van der Waals surface area contributed by atoms with Crippen molar-refractivity contribution in [2.24, 2.45) is 0 Å². The van der Waals surface area contributed by atoms with Crippen molar-refractivity contribution >= 4 is 0 Å². The summed E-state index contributed by atoms with van der Waals surface area (Å²) in [5.74, 6) is -1.48. The lowest BCUT2D eigenvalue weighted by Crippen LogP contribution is -2.29. The number of alkyl halides is 3. The fraction of sp³-hybridized carbons (Fsp3) is 0.250. The Labute approximate surface area is 164 Å². The Hall–Kier alpha value is -3.07. The molecule has 0 saturated heterocycles. The average Bonchev–Trinajstić information content (AvgIpc) is 2.68. The molecule has 9 heteroatoms. The molecule has 5 nitrogen and oxygen atoms in total. The van der Waals surface area contributed by atoms with E-state index >= 15 is 0 Å². The van der Waals surface area contributed by atoms with Crippen LogP contribution < -0.4 is 4.74 Å². The zero-order valence-corrected chi connectivity index (χ0v) is 15.6. The van der Waals surface area contributed by atoms with Crippen LogP contribution in [0.4, 0.5) is 17.6 Å². The Morgan fingerprint density at radius 1 is 1.00 bits per heavy atom. The number of hydrogen-bond acceptors (Lipinski definition) is 5. The molecule has 0 fully saturated rings. The second-order valence-electron chi connectivity index (χ2n) is 6.21. The first kappa shape index (κ1) is 20.7. The standard InChI is InChI=1S/C20H17F4N3O2/c1-3-28-19(2,14-10-25-12-26-11-14)18-7-4-13(9-27-18)16-6-5-15(8-17(16)21)29-20(22,23)24/h4-12H,3H2,1-2H3. The van der Waals surface area contributed by atoms with Gasteiger partial charge < -0.3 is 9.47 Å². The molecule has 3 rings (SSSR count). The van der Waals surface area contributed by atoms with Crippen molar-refractivity contribution in [1.82, 2.24) is 15.0 Å². The first-order valence-electron chi connectivity index (χ1n) is 8.64. The number of benzene rings is 1. The van der Waals surface area contributed by atoms with Crippen LogP contribution in [0.3, 0.4) is 0 Å².